The molecule has 6 heteroatoms. The topological polar surface area (TPSA) is 69.1 Å². The fraction of sp³-hybridized carbons (Fsp3) is 0.409. The predicted molar refractivity (Wildman–Crippen MR) is 114 cm³/mol. The molecule has 6 nitrogen and oxygen atoms in total. The van der Waals surface area contributed by atoms with Crippen LogP contribution >= 0.6 is 0 Å². The van der Waals surface area contributed by atoms with E-state index in [1.807, 2.05) is 13.0 Å². The fourth-order valence-electron chi connectivity index (χ4n) is 3.36. The first-order chi connectivity index (χ1) is 13.6. The summed E-state index contributed by atoms with van der Waals surface area (Å²) in [6, 6.07) is 14.2. The molecule has 2 aromatic rings. The Morgan fingerprint density at radius 2 is 2.04 bits per heavy atom. The summed E-state index contributed by atoms with van der Waals surface area (Å²) in [7, 11) is 1.62. The molecule has 0 spiro atoms. The molecule has 1 heterocycles. The number of guanidine groups is 1. The van der Waals surface area contributed by atoms with E-state index in [-0.39, 0.29) is 5.75 Å². The Kier molecular flexibility index (Phi) is 6.63. The Labute approximate surface area is 167 Å². The minimum absolute atomic E-state index is 0.229. The molecule has 0 amide bonds. The molecule has 1 atom stereocenters. The van der Waals surface area contributed by atoms with Crippen molar-refractivity contribution in [1.29, 1.82) is 0 Å². The van der Waals surface area contributed by atoms with Gasteiger partial charge in [-0.3, -0.25) is 0 Å². The van der Waals surface area contributed by atoms with Gasteiger partial charge in [-0.25, -0.2) is 4.99 Å². The molecule has 0 bridgehead atoms. The summed E-state index contributed by atoms with van der Waals surface area (Å²) in [4.78, 5) is 7.05. The summed E-state index contributed by atoms with van der Waals surface area (Å²) in [5, 5.41) is 16.9. The van der Waals surface area contributed by atoms with Crippen LogP contribution in [0.25, 0.3) is 0 Å². The molecule has 1 fully saturated rings. The lowest BCUT2D eigenvalue weighted by Gasteiger charge is -2.20. The molecule has 3 N–H and O–H groups in total. The van der Waals surface area contributed by atoms with Gasteiger partial charge in [0.2, 0.25) is 0 Å². The minimum atomic E-state index is 0.229. The van der Waals surface area contributed by atoms with E-state index in [0.717, 1.165) is 37.6 Å². The van der Waals surface area contributed by atoms with Crippen LogP contribution in [0.15, 0.2) is 47.5 Å². The molecule has 2 aromatic carbocycles. The number of rotatable bonds is 6. The Morgan fingerprint density at radius 3 is 2.75 bits per heavy atom. The number of nitrogens with zero attached hydrogens (tertiary/aromatic N) is 2. The highest BCUT2D eigenvalue weighted by molar-refractivity contribution is 5.80. The molecule has 1 aliphatic rings. The van der Waals surface area contributed by atoms with Crippen LogP contribution in [-0.4, -0.2) is 43.9 Å². The smallest absolute Gasteiger partial charge is 0.191 e. The molecule has 150 valence electrons. The van der Waals surface area contributed by atoms with Crippen LogP contribution in [0.4, 0.5) is 5.69 Å². The second kappa shape index (κ2) is 9.35. The van der Waals surface area contributed by atoms with Crippen molar-refractivity contribution in [3.05, 3.63) is 53.6 Å². The number of phenolic OH excluding ortho intramolecular Hbond substituents is 1. The van der Waals surface area contributed by atoms with Crippen molar-refractivity contribution >= 4 is 11.6 Å². The second-order valence-corrected chi connectivity index (χ2v) is 7.10. The maximum Gasteiger partial charge on any atom is 0.191 e. The number of benzene rings is 2. The fourth-order valence-corrected chi connectivity index (χ4v) is 3.36. The van der Waals surface area contributed by atoms with E-state index < -0.39 is 0 Å². The van der Waals surface area contributed by atoms with Gasteiger partial charge in [-0.1, -0.05) is 17.7 Å². The zero-order valence-corrected chi connectivity index (χ0v) is 16.9. The van der Waals surface area contributed by atoms with Crippen LogP contribution in [0.1, 0.15) is 24.5 Å². The number of aromatic hydroxyl groups is 1. The van der Waals surface area contributed by atoms with E-state index in [0.29, 0.717) is 18.3 Å². The number of phenols is 1. The number of anilines is 1. The van der Waals surface area contributed by atoms with E-state index in [2.05, 4.69) is 51.7 Å². The van der Waals surface area contributed by atoms with Crippen LogP contribution in [0.5, 0.6) is 11.5 Å². The number of hydrogen-bond donors (Lipinski definition) is 3. The van der Waals surface area contributed by atoms with Gasteiger partial charge in [-0.2, -0.15) is 0 Å². The molecule has 3 rings (SSSR count). The number of hydrogen-bond acceptors (Lipinski definition) is 4. The van der Waals surface area contributed by atoms with E-state index in [4.69, 9.17) is 4.74 Å². The van der Waals surface area contributed by atoms with Crippen molar-refractivity contribution in [3.63, 3.8) is 0 Å². The number of ether oxygens (including phenoxy) is 1. The maximum absolute atomic E-state index is 10.1. The molecule has 1 saturated heterocycles. The Bertz CT molecular complexity index is 805. The van der Waals surface area contributed by atoms with Gasteiger partial charge < -0.3 is 25.4 Å². The molecule has 0 aliphatic carbocycles. The minimum Gasteiger partial charge on any atom is -0.508 e. The average Bonchev–Trinajstić information content (AvgIpc) is 3.16. The van der Waals surface area contributed by atoms with Crippen molar-refractivity contribution in [3.8, 4) is 11.5 Å². The molecular formula is C22H30N4O2. The molecule has 1 aliphatic heterocycles. The van der Waals surface area contributed by atoms with Crippen LogP contribution < -0.4 is 20.3 Å². The van der Waals surface area contributed by atoms with Gasteiger partial charge in [0.15, 0.2) is 5.96 Å². The standard InChI is InChI=1S/C22H30N4O2/c1-4-23-22(24-14-17-13-20(28-3)9-10-21(17)27)25-18-11-12-26(15-18)19-7-5-16(2)6-8-19/h5-10,13,18,27H,4,11-12,14-15H2,1-3H3,(H2,23,24,25). The van der Waals surface area contributed by atoms with Crippen LogP contribution in [0.3, 0.4) is 0 Å². The molecule has 1 unspecified atom stereocenters. The van der Waals surface area contributed by atoms with Gasteiger partial charge in [0.1, 0.15) is 11.5 Å². The zero-order chi connectivity index (χ0) is 19.9. The monoisotopic (exact) mass is 382 g/mol. The maximum atomic E-state index is 10.1. The Hall–Kier alpha value is -2.89. The van der Waals surface area contributed by atoms with Gasteiger partial charge in [0, 0.05) is 36.9 Å². The first kappa shape index (κ1) is 19.9. The number of methoxy groups -OCH3 is 1. The van der Waals surface area contributed by atoms with Crippen LogP contribution in [-0.2, 0) is 6.54 Å². The quantitative estimate of drug-likeness (QED) is 0.529. The third-order valence-corrected chi connectivity index (χ3v) is 4.97. The van der Waals surface area contributed by atoms with Gasteiger partial charge in [0.05, 0.1) is 13.7 Å². The van der Waals surface area contributed by atoms with Crippen molar-refractivity contribution in [2.45, 2.75) is 32.9 Å². The zero-order valence-electron chi connectivity index (χ0n) is 16.9. The lowest BCUT2D eigenvalue weighted by molar-refractivity contribution is 0.411. The highest BCUT2D eigenvalue weighted by atomic mass is 16.5. The van der Waals surface area contributed by atoms with Crippen molar-refractivity contribution < 1.29 is 9.84 Å². The second-order valence-electron chi connectivity index (χ2n) is 7.10. The molecule has 0 saturated carbocycles. The largest absolute Gasteiger partial charge is 0.508 e. The highest BCUT2D eigenvalue weighted by Crippen LogP contribution is 2.24. The van der Waals surface area contributed by atoms with Crippen molar-refractivity contribution in [1.82, 2.24) is 10.6 Å². The SMILES string of the molecule is CCNC(=NCc1cc(OC)ccc1O)NC1CCN(c2ccc(C)cc2)C1. The number of aryl methyl sites for hydroxylation is 1. The summed E-state index contributed by atoms with van der Waals surface area (Å²) < 4.78 is 5.24. The highest BCUT2D eigenvalue weighted by Gasteiger charge is 2.23. The predicted octanol–water partition coefficient (Wildman–Crippen LogP) is 3.04. The van der Waals surface area contributed by atoms with Crippen molar-refractivity contribution in [2.75, 3.05) is 31.6 Å². The van der Waals surface area contributed by atoms with E-state index >= 15 is 0 Å². The summed E-state index contributed by atoms with van der Waals surface area (Å²) >= 11 is 0. The van der Waals surface area contributed by atoms with Gasteiger partial charge in [-0.05, 0) is 50.6 Å². The summed E-state index contributed by atoms with van der Waals surface area (Å²) in [5.74, 6) is 1.71. The molecule has 0 radical (unpaired) electrons. The normalized spacial score (nSPS) is 16.9. The Morgan fingerprint density at radius 1 is 1.25 bits per heavy atom. The molecular weight excluding hydrogens is 352 g/mol. The van der Waals surface area contributed by atoms with Gasteiger partial charge in [0.25, 0.3) is 0 Å². The van der Waals surface area contributed by atoms with E-state index in [9.17, 15) is 5.11 Å². The third-order valence-electron chi connectivity index (χ3n) is 4.97. The summed E-state index contributed by atoms with van der Waals surface area (Å²) in [5.41, 5.74) is 3.28. The average molecular weight is 383 g/mol. The van der Waals surface area contributed by atoms with Crippen LogP contribution in [0, 0.1) is 6.92 Å². The lowest BCUT2D eigenvalue weighted by Crippen LogP contribution is -2.44. The van der Waals surface area contributed by atoms with Gasteiger partial charge >= 0.3 is 0 Å². The van der Waals surface area contributed by atoms with E-state index in [1.54, 1.807) is 19.2 Å². The molecule has 0 aromatic heterocycles. The van der Waals surface area contributed by atoms with Gasteiger partial charge in [-0.15, -0.1) is 0 Å². The first-order valence-electron chi connectivity index (χ1n) is 9.81. The van der Waals surface area contributed by atoms with Crippen molar-refractivity contribution in [2.24, 2.45) is 4.99 Å². The molecule has 28 heavy (non-hydrogen) atoms. The summed E-state index contributed by atoms with van der Waals surface area (Å²) in [6.07, 6.45) is 1.06. The first-order valence-corrected chi connectivity index (χ1v) is 9.81. The lowest BCUT2D eigenvalue weighted by atomic mass is 10.2. The van der Waals surface area contributed by atoms with E-state index in [1.165, 1.54) is 11.3 Å². The summed E-state index contributed by atoms with van der Waals surface area (Å²) in [6.45, 7) is 7.29. The Balaban J connectivity index is 1.63. The number of nitrogens with one attached hydrogen (secondary N) is 2. The third kappa shape index (κ3) is 5.09. The number of aliphatic imine (C=N–C) groups is 1. The van der Waals surface area contributed by atoms with Crippen LogP contribution in [0.2, 0.25) is 0 Å².